The molecule has 1 aliphatic rings. The van der Waals surface area contributed by atoms with Crippen LogP contribution in [0.15, 0.2) is 12.3 Å². The van der Waals surface area contributed by atoms with Crippen molar-refractivity contribution in [1.82, 2.24) is 9.80 Å². The molecule has 0 spiro atoms. The Kier molecular flexibility index (Phi) is 1.64. The first-order chi connectivity index (χ1) is 4.55. The first-order valence-electron chi connectivity index (χ1n) is 3.04. The zero-order valence-electron chi connectivity index (χ0n) is 6.01. The van der Waals surface area contributed by atoms with E-state index in [9.17, 15) is 8.78 Å². The maximum Gasteiger partial charge on any atom is 0.390 e. The second-order valence-corrected chi connectivity index (χ2v) is 2.39. The summed E-state index contributed by atoms with van der Waals surface area (Å²) in [7, 11) is 2.74. The Bertz CT molecular complexity index is 156. The molecule has 1 heterocycles. The smallest absolute Gasteiger partial charge is 0.309 e. The second-order valence-electron chi connectivity index (χ2n) is 2.39. The molecule has 0 radical (unpaired) electrons. The summed E-state index contributed by atoms with van der Waals surface area (Å²) in [5.41, 5.74) is 0. The molecule has 0 aromatic carbocycles. The van der Waals surface area contributed by atoms with Gasteiger partial charge < -0.3 is 4.90 Å². The van der Waals surface area contributed by atoms with Crippen LogP contribution in [-0.2, 0) is 0 Å². The third-order valence-corrected chi connectivity index (χ3v) is 1.59. The lowest BCUT2D eigenvalue weighted by Crippen LogP contribution is -2.51. The van der Waals surface area contributed by atoms with Crippen LogP contribution in [0, 0.1) is 0 Å². The molecule has 0 fully saturated rings. The third kappa shape index (κ3) is 0.988. The number of alkyl halides is 2. The number of hydrogen-bond donors (Lipinski definition) is 0. The van der Waals surface area contributed by atoms with Gasteiger partial charge in [0.1, 0.15) is 0 Å². The molecule has 0 saturated heterocycles. The van der Waals surface area contributed by atoms with Crippen LogP contribution in [0.2, 0.25) is 0 Å². The van der Waals surface area contributed by atoms with Crippen molar-refractivity contribution in [2.24, 2.45) is 0 Å². The van der Waals surface area contributed by atoms with Crippen molar-refractivity contribution < 1.29 is 8.78 Å². The summed E-state index contributed by atoms with van der Waals surface area (Å²) in [4.78, 5) is 1.86. The van der Waals surface area contributed by atoms with Crippen molar-refractivity contribution >= 4 is 0 Å². The van der Waals surface area contributed by atoms with Gasteiger partial charge in [-0.15, -0.1) is 0 Å². The predicted molar refractivity (Wildman–Crippen MR) is 34.5 cm³/mol. The van der Waals surface area contributed by atoms with Crippen LogP contribution >= 0.6 is 0 Å². The minimum atomic E-state index is -2.82. The Morgan fingerprint density at radius 2 is 2.00 bits per heavy atom. The van der Waals surface area contributed by atoms with E-state index >= 15 is 0 Å². The normalized spacial score (nSPS) is 25.4. The van der Waals surface area contributed by atoms with E-state index in [1.165, 1.54) is 20.3 Å². The molecule has 58 valence electrons. The minimum Gasteiger partial charge on any atom is -0.309 e. The highest BCUT2D eigenvalue weighted by Crippen LogP contribution is 2.24. The third-order valence-electron chi connectivity index (χ3n) is 1.59. The molecular weight excluding hydrogens is 138 g/mol. The Hall–Kier alpha value is -0.640. The first-order valence-corrected chi connectivity index (χ1v) is 3.04. The number of nitrogens with zero attached hydrogens (tertiary/aromatic N) is 2. The summed E-state index contributed by atoms with van der Waals surface area (Å²) in [6.07, 6.45) is 0.256. The summed E-state index contributed by atoms with van der Waals surface area (Å²) in [6.45, 7) is 0.303. The van der Waals surface area contributed by atoms with E-state index in [0.717, 1.165) is 9.80 Å². The maximum absolute atomic E-state index is 12.8. The number of rotatable bonds is 0. The molecule has 0 aliphatic carbocycles. The van der Waals surface area contributed by atoms with Crippen LogP contribution in [0.5, 0.6) is 0 Å². The molecule has 10 heavy (non-hydrogen) atoms. The molecule has 0 bridgehead atoms. The summed E-state index contributed by atoms with van der Waals surface area (Å²) < 4.78 is 25.6. The molecule has 0 atom stereocenters. The summed E-state index contributed by atoms with van der Waals surface area (Å²) >= 11 is 0. The fourth-order valence-corrected chi connectivity index (χ4v) is 0.832. The molecule has 1 rings (SSSR count). The Morgan fingerprint density at radius 3 is 2.40 bits per heavy atom. The van der Waals surface area contributed by atoms with Crippen molar-refractivity contribution in [3.63, 3.8) is 0 Å². The maximum atomic E-state index is 12.8. The van der Waals surface area contributed by atoms with Gasteiger partial charge in [-0.3, -0.25) is 0 Å². The monoisotopic (exact) mass is 148 g/mol. The van der Waals surface area contributed by atoms with Crippen LogP contribution in [0.3, 0.4) is 0 Å². The fourth-order valence-electron chi connectivity index (χ4n) is 0.832. The van der Waals surface area contributed by atoms with Crippen molar-refractivity contribution in [3.8, 4) is 0 Å². The van der Waals surface area contributed by atoms with Gasteiger partial charge in [0.15, 0.2) is 0 Å². The molecule has 0 amide bonds. The van der Waals surface area contributed by atoms with Crippen molar-refractivity contribution in [2.75, 3.05) is 20.6 Å². The van der Waals surface area contributed by atoms with Gasteiger partial charge in [-0.05, 0) is 7.05 Å². The molecule has 0 saturated carbocycles. The predicted octanol–water partition coefficient (Wildman–Crippen LogP) is 0.928. The molecule has 0 aromatic rings. The quantitative estimate of drug-likeness (QED) is 0.471. The van der Waals surface area contributed by atoms with Gasteiger partial charge in [0.25, 0.3) is 0 Å². The van der Waals surface area contributed by atoms with Gasteiger partial charge in [0.2, 0.25) is 0 Å². The van der Waals surface area contributed by atoms with E-state index in [1.807, 2.05) is 0 Å². The second kappa shape index (κ2) is 2.20. The van der Waals surface area contributed by atoms with Gasteiger partial charge in [0, 0.05) is 19.8 Å². The standard InChI is InChI=1S/C6H10F2N2/c1-9-4-3-5-10(2)6(9,7)8/h3-4H,5H2,1-2H3. The highest BCUT2D eigenvalue weighted by molar-refractivity contribution is 4.92. The molecule has 0 N–H and O–H groups in total. The largest absolute Gasteiger partial charge is 0.390 e. The van der Waals surface area contributed by atoms with Gasteiger partial charge in [-0.25, -0.2) is 4.90 Å². The van der Waals surface area contributed by atoms with Crippen molar-refractivity contribution in [2.45, 2.75) is 6.17 Å². The van der Waals surface area contributed by atoms with Crippen LogP contribution in [-0.4, -0.2) is 36.6 Å². The number of halogens is 2. The van der Waals surface area contributed by atoms with Gasteiger partial charge in [-0.1, -0.05) is 6.08 Å². The van der Waals surface area contributed by atoms with Crippen LogP contribution in [0.4, 0.5) is 8.78 Å². The van der Waals surface area contributed by atoms with Gasteiger partial charge in [-0.2, -0.15) is 8.78 Å². The SMILES string of the molecule is CN1C=CCN(C)C1(F)F. The Labute approximate surface area is 58.7 Å². The van der Waals surface area contributed by atoms with Gasteiger partial charge in [0.05, 0.1) is 0 Å². The first kappa shape index (κ1) is 7.47. The number of hydrogen-bond acceptors (Lipinski definition) is 2. The Balaban J connectivity index is 2.78. The topological polar surface area (TPSA) is 6.48 Å². The molecular formula is C6H10F2N2. The molecule has 2 nitrogen and oxygen atoms in total. The summed E-state index contributed by atoms with van der Waals surface area (Å²) in [6, 6.07) is 0. The highest BCUT2D eigenvalue weighted by atomic mass is 19.3. The molecule has 0 aromatic heterocycles. The molecule has 4 heteroatoms. The van der Waals surface area contributed by atoms with Crippen LogP contribution in [0.1, 0.15) is 0 Å². The van der Waals surface area contributed by atoms with Crippen molar-refractivity contribution in [3.05, 3.63) is 12.3 Å². The minimum absolute atomic E-state index is 0.303. The van der Waals surface area contributed by atoms with Gasteiger partial charge >= 0.3 is 6.17 Å². The lowest BCUT2D eigenvalue weighted by atomic mass is 10.4. The molecule has 0 unspecified atom stereocenters. The highest BCUT2D eigenvalue weighted by Gasteiger charge is 2.39. The van der Waals surface area contributed by atoms with E-state index in [1.54, 1.807) is 6.08 Å². The van der Waals surface area contributed by atoms with E-state index in [2.05, 4.69) is 0 Å². The Morgan fingerprint density at radius 1 is 1.40 bits per heavy atom. The average molecular weight is 148 g/mol. The van der Waals surface area contributed by atoms with E-state index in [0.29, 0.717) is 6.54 Å². The van der Waals surface area contributed by atoms with Crippen LogP contribution < -0.4 is 0 Å². The summed E-state index contributed by atoms with van der Waals surface area (Å²) in [5.74, 6) is 0. The van der Waals surface area contributed by atoms with E-state index < -0.39 is 6.17 Å². The fraction of sp³-hybridized carbons (Fsp3) is 0.667. The number of likely N-dealkylation sites (N-methyl/N-ethyl adjacent to an activating group) is 1. The van der Waals surface area contributed by atoms with Crippen molar-refractivity contribution in [1.29, 1.82) is 0 Å². The lowest BCUT2D eigenvalue weighted by molar-refractivity contribution is -0.221. The van der Waals surface area contributed by atoms with E-state index in [4.69, 9.17) is 0 Å². The summed E-state index contributed by atoms with van der Waals surface area (Å²) in [5, 5.41) is 0. The lowest BCUT2D eigenvalue weighted by Gasteiger charge is -2.36. The van der Waals surface area contributed by atoms with E-state index in [-0.39, 0.29) is 0 Å². The zero-order valence-corrected chi connectivity index (χ0v) is 6.01. The molecule has 1 aliphatic heterocycles. The average Bonchev–Trinajstić information content (AvgIpc) is 1.84. The van der Waals surface area contributed by atoms with Crippen LogP contribution in [0.25, 0.3) is 0 Å². The zero-order chi connectivity index (χ0) is 7.78.